The van der Waals surface area contributed by atoms with Gasteiger partial charge in [0, 0.05) is 12.4 Å². The van der Waals surface area contributed by atoms with Crippen molar-refractivity contribution in [2.75, 3.05) is 14.2 Å². The molecule has 1 aromatic heterocycles. The fraction of sp³-hybridized carbons (Fsp3) is 0.312. The molecule has 1 aromatic carbocycles. The zero-order chi connectivity index (χ0) is 13.8. The van der Waals surface area contributed by atoms with Gasteiger partial charge in [-0.2, -0.15) is 0 Å². The second kappa shape index (κ2) is 5.85. The Morgan fingerprint density at radius 3 is 2.53 bits per heavy atom. The highest BCUT2D eigenvalue weighted by Crippen LogP contribution is 2.27. The summed E-state index contributed by atoms with van der Waals surface area (Å²) in [4.78, 5) is 4.28. The molecule has 0 saturated heterocycles. The minimum Gasteiger partial charge on any atom is -0.497 e. The molecule has 3 heteroatoms. The third kappa shape index (κ3) is 2.93. The zero-order valence-corrected chi connectivity index (χ0v) is 11.9. The van der Waals surface area contributed by atoms with E-state index in [1.807, 2.05) is 25.5 Å². The van der Waals surface area contributed by atoms with E-state index < -0.39 is 0 Å². The van der Waals surface area contributed by atoms with Crippen LogP contribution in [0.4, 0.5) is 0 Å². The Bertz CT molecular complexity index is 566. The summed E-state index contributed by atoms with van der Waals surface area (Å²) in [7, 11) is 3.66. The quantitative estimate of drug-likeness (QED) is 0.913. The topological polar surface area (TPSA) is 34.2 Å². The number of aryl methyl sites for hydroxylation is 2. The third-order valence-corrected chi connectivity index (χ3v) is 3.31. The van der Waals surface area contributed by atoms with E-state index in [1.54, 1.807) is 7.11 Å². The molecule has 1 atom stereocenters. The van der Waals surface area contributed by atoms with E-state index in [0.29, 0.717) is 0 Å². The van der Waals surface area contributed by atoms with Crippen LogP contribution in [0.5, 0.6) is 5.75 Å². The highest BCUT2D eigenvalue weighted by Gasteiger charge is 2.15. The predicted molar refractivity (Wildman–Crippen MR) is 77.6 cm³/mol. The number of benzene rings is 1. The molecule has 2 aromatic rings. The van der Waals surface area contributed by atoms with Crippen molar-refractivity contribution < 1.29 is 4.74 Å². The summed E-state index contributed by atoms with van der Waals surface area (Å²) in [6.45, 7) is 4.16. The molecule has 2 rings (SSSR count). The SMILES string of the molecule is CNC(c1cncc(C)c1)c1ccc(OC)cc1C. The van der Waals surface area contributed by atoms with Gasteiger partial charge in [0.25, 0.3) is 0 Å². The highest BCUT2D eigenvalue weighted by atomic mass is 16.5. The third-order valence-electron chi connectivity index (χ3n) is 3.31. The molecule has 0 fully saturated rings. The van der Waals surface area contributed by atoms with Crippen LogP contribution in [0.3, 0.4) is 0 Å². The summed E-state index contributed by atoms with van der Waals surface area (Å²) in [5, 5.41) is 3.36. The first kappa shape index (κ1) is 13.6. The van der Waals surface area contributed by atoms with Gasteiger partial charge in [0.15, 0.2) is 0 Å². The Labute approximate surface area is 114 Å². The van der Waals surface area contributed by atoms with E-state index in [4.69, 9.17) is 4.74 Å². The van der Waals surface area contributed by atoms with Crippen LogP contribution in [-0.2, 0) is 0 Å². The van der Waals surface area contributed by atoms with E-state index in [0.717, 1.165) is 5.75 Å². The Morgan fingerprint density at radius 1 is 1.16 bits per heavy atom. The van der Waals surface area contributed by atoms with Crippen molar-refractivity contribution in [3.05, 3.63) is 58.9 Å². The van der Waals surface area contributed by atoms with Gasteiger partial charge in [-0.25, -0.2) is 0 Å². The first-order valence-electron chi connectivity index (χ1n) is 6.39. The summed E-state index contributed by atoms with van der Waals surface area (Å²) in [6, 6.07) is 8.48. The molecule has 1 N–H and O–H groups in total. The number of nitrogens with one attached hydrogen (secondary N) is 1. The molecule has 0 amide bonds. The van der Waals surface area contributed by atoms with Gasteiger partial charge in [-0.15, -0.1) is 0 Å². The minimum absolute atomic E-state index is 0.151. The van der Waals surface area contributed by atoms with Gasteiger partial charge in [0.05, 0.1) is 13.2 Å². The van der Waals surface area contributed by atoms with Crippen LogP contribution in [0.25, 0.3) is 0 Å². The molecule has 0 aliphatic heterocycles. The fourth-order valence-corrected chi connectivity index (χ4v) is 2.34. The van der Waals surface area contributed by atoms with Gasteiger partial charge >= 0.3 is 0 Å². The largest absolute Gasteiger partial charge is 0.497 e. The maximum atomic E-state index is 5.26. The number of rotatable bonds is 4. The molecule has 100 valence electrons. The van der Waals surface area contributed by atoms with Crippen molar-refractivity contribution in [1.82, 2.24) is 10.3 Å². The molecule has 1 unspecified atom stereocenters. The maximum Gasteiger partial charge on any atom is 0.119 e. The summed E-state index contributed by atoms with van der Waals surface area (Å²) in [5.41, 5.74) is 4.80. The van der Waals surface area contributed by atoms with Gasteiger partial charge in [0.2, 0.25) is 0 Å². The fourth-order valence-electron chi connectivity index (χ4n) is 2.34. The zero-order valence-electron chi connectivity index (χ0n) is 11.9. The van der Waals surface area contributed by atoms with Crippen molar-refractivity contribution in [3.8, 4) is 5.75 Å². The van der Waals surface area contributed by atoms with Crippen molar-refractivity contribution in [2.24, 2.45) is 0 Å². The van der Waals surface area contributed by atoms with Crippen LogP contribution < -0.4 is 10.1 Å². The van der Waals surface area contributed by atoms with Gasteiger partial charge < -0.3 is 10.1 Å². The Hall–Kier alpha value is -1.87. The van der Waals surface area contributed by atoms with Crippen molar-refractivity contribution in [2.45, 2.75) is 19.9 Å². The lowest BCUT2D eigenvalue weighted by Crippen LogP contribution is -2.19. The van der Waals surface area contributed by atoms with Gasteiger partial charge in [-0.05, 0) is 55.3 Å². The number of methoxy groups -OCH3 is 1. The van der Waals surface area contributed by atoms with Crippen LogP contribution in [0, 0.1) is 13.8 Å². The van der Waals surface area contributed by atoms with Crippen molar-refractivity contribution in [1.29, 1.82) is 0 Å². The van der Waals surface area contributed by atoms with E-state index >= 15 is 0 Å². The normalized spacial score (nSPS) is 12.2. The lowest BCUT2D eigenvalue weighted by Gasteiger charge is -2.20. The van der Waals surface area contributed by atoms with Crippen LogP contribution in [0.2, 0.25) is 0 Å². The second-order valence-corrected chi connectivity index (χ2v) is 4.74. The first-order chi connectivity index (χ1) is 9.15. The first-order valence-corrected chi connectivity index (χ1v) is 6.39. The number of aromatic nitrogens is 1. The maximum absolute atomic E-state index is 5.26. The van der Waals surface area contributed by atoms with Crippen LogP contribution in [-0.4, -0.2) is 19.1 Å². The summed E-state index contributed by atoms with van der Waals surface area (Å²) in [6.07, 6.45) is 3.79. The van der Waals surface area contributed by atoms with Crippen LogP contribution in [0.15, 0.2) is 36.7 Å². The molecule has 0 aliphatic rings. The van der Waals surface area contributed by atoms with Crippen molar-refractivity contribution in [3.63, 3.8) is 0 Å². The van der Waals surface area contributed by atoms with Gasteiger partial charge in [0.1, 0.15) is 5.75 Å². The summed E-state index contributed by atoms with van der Waals surface area (Å²) < 4.78 is 5.26. The molecule has 0 saturated carbocycles. The average Bonchev–Trinajstić information content (AvgIpc) is 2.41. The van der Waals surface area contributed by atoms with Crippen LogP contribution >= 0.6 is 0 Å². The lowest BCUT2D eigenvalue weighted by atomic mass is 9.95. The van der Waals surface area contributed by atoms with E-state index in [9.17, 15) is 0 Å². The number of ether oxygens (including phenoxy) is 1. The predicted octanol–water partition coefficient (Wildman–Crippen LogP) is 3.02. The Morgan fingerprint density at radius 2 is 1.95 bits per heavy atom. The molecule has 3 nitrogen and oxygen atoms in total. The summed E-state index contributed by atoms with van der Waals surface area (Å²) in [5.74, 6) is 0.887. The Kier molecular flexibility index (Phi) is 4.17. The number of pyridine rings is 1. The molecule has 0 aliphatic carbocycles. The number of nitrogens with zero attached hydrogens (tertiary/aromatic N) is 1. The number of hydrogen-bond acceptors (Lipinski definition) is 3. The lowest BCUT2D eigenvalue weighted by molar-refractivity contribution is 0.414. The molecule has 0 radical (unpaired) electrons. The van der Waals surface area contributed by atoms with E-state index in [1.165, 1.54) is 22.3 Å². The molecule has 0 spiro atoms. The number of hydrogen-bond donors (Lipinski definition) is 1. The highest BCUT2D eigenvalue weighted by molar-refractivity contribution is 5.41. The van der Waals surface area contributed by atoms with Gasteiger partial charge in [-0.1, -0.05) is 12.1 Å². The Balaban J connectivity index is 2.42. The van der Waals surface area contributed by atoms with E-state index in [2.05, 4.69) is 42.3 Å². The monoisotopic (exact) mass is 256 g/mol. The van der Waals surface area contributed by atoms with E-state index in [-0.39, 0.29) is 6.04 Å². The van der Waals surface area contributed by atoms with Crippen molar-refractivity contribution >= 4 is 0 Å². The molecule has 19 heavy (non-hydrogen) atoms. The van der Waals surface area contributed by atoms with Gasteiger partial charge in [-0.3, -0.25) is 4.98 Å². The molecular formula is C16H20N2O. The standard InChI is InChI=1S/C16H20N2O/c1-11-7-13(10-18-9-11)16(17-3)15-6-5-14(19-4)8-12(15)2/h5-10,16-17H,1-4H3. The second-order valence-electron chi connectivity index (χ2n) is 4.74. The molecule has 0 bridgehead atoms. The molecule has 1 heterocycles. The minimum atomic E-state index is 0.151. The summed E-state index contributed by atoms with van der Waals surface area (Å²) >= 11 is 0. The molecular weight excluding hydrogens is 236 g/mol. The smallest absolute Gasteiger partial charge is 0.119 e. The van der Waals surface area contributed by atoms with Crippen LogP contribution in [0.1, 0.15) is 28.3 Å². The average molecular weight is 256 g/mol.